The molecule has 1 N–H and O–H groups in total. The van der Waals surface area contributed by atoms with Crippen LogP contribution in [0.4, 0.5) is 0 Å². The fourth-order valence-corrected chi connectivity index (χ4v) is 3.68. The topological polar surface area (TPSA) is 66.8 Å². The van der Waals surface area contributed by atoms with E-state index in [2.05, 4.69) is 20.8 Å². The van der Waals surface area contributed by atoms with E-state index in [4.69, 9.17) is 4.74 Å². The molecular formula is C25H29NO4. The molecule has 1 heterocycles. The summed E-state index contributed by atoms with van der Waals surface area (Å²) >= 11 is 0. The molecule has 1 amide bonds. The molecule has 1 saturated heterocycles. The van der Waals surface area contributed by atoms with E-state index in [1.807, 2.05) is 43.3 Å². The third-order valence-electron chi connectivity index (χ3n) is 5.49. The summed E-state index contributed by atoms with van der Waals surface area (Å²) in [6.45, 7) is 8.90. The molecule has 5 nitrogen and oxygen atoms in total. The van der Waals surface area contributed by atoms with Gasteiger partial charge in [-0.25, -0.2) is 0 Å². The van der Waals surface area contributed by atoms with Crippen molar-refractivity contribution in [2.24, 2.45) is 0 Å². The van der Waals surface area contributed by atoms with E-state index in [1.165, 1.54) is 4.90 Å². The number of nitrogens with zero attached hydrogens (tertiary/aromatic N) is 1. The van der Waals surface area contributed by atoms with Gasteiger partial charge in [0, 0.05) is 19.2 Å². The van der Waals surface area contributed by atoms with Crippen LogP contribution in [0, 0.1) is 6.92 Å². The van der Waals surface area contributed by atoms with Gasteiger partial charge in [0.2, 0.25) is 0 Å². The number of benzene rings is 2. The van der Waals surface area contributed by atoms with Crippen LogP contribution in [-0.4, -0.2) is 42.0 Å². The Hall–Kier alpha value is -2.92. The average molecular weight is 408 g/mol. The zero-order valence-corrected chi connectivity index (χ0v) is 18.2. The molecule has 0 saturated carbocycles. The molecule has 0 spiro atoms. The van der Waals surface area contributed by atoms with Gasteiger partial charge in [0.1, 0.15) is 5.76 Å². The standard InChI is InChI=1S/C25H29NO4/c1-16-6-8-18(9-7-16)22(27)20-21(26(14-15-30-5)24(29)23(20)28)17-10-12-19(13-11-17)25(2,3)4/h6-13,21,27H,14-15H2,1-5H3/t21-/m0/s1. The Kier molecular flexibility index (Phi) is 6.13. The SMILES string of the molecule is COCCN1C(=O)C(=O)C(=C(O)c2ccc(C)cc2)[C@@H]1c1ccc(C(C)(C)C)cc1. The van der Waals surface area contributed by atoms with Gasteiger partial charge < -0.3 is 14.7 Å². The highest BCUT2D eigenvalue weighted by Crippen LogP contribution is 2.39. The van der Waals surface area contributed by atoms with E-state index in [0.29, 0.717) is 12.2 Å². The maximum Gasteiger partial charge on any atom is 0.295 e. The molecular weight excluding hydrogens is 378 g/mol. The molecule has 0 aromatic heterocycles. The Bertz CT molecular complexity index is 966. The van der Waals surface area contributed by atoms with Gasteiger partial charge in [-0.05, 0) is 23.5 Å². The van der Waals surface area contributed by atoms with Crippen LogP contribution in [0.5, 0.6) is 0 Å². The quantitative estimate of drug-likeness (QED) is 0.454. The van der Waals surface area contributed by atoms with Gasteiger partial charge in [0.05, 0.1) is 18.2 Å². The first-order valence-electron chi connectivity index (χ1n) is 10.1. The summed E-state index contributed by atoms with van der Waals surface area (Å²) in [6.07, 6.45) is 0. The molecule has 0 unspecified atom stereocenters. The first-order chi connectivity index (χ1) is 14.1. The molecule has 1 aliphatic rings. The second kappa shape index (κ2) is 8.44. The van der Waals surface area contributed by atoms with Crippen molar-refractivity contribution < 1.29 is 19.4 Å². The van der Waals surface area contributed by atoms with E-state index >= 15 is 0 Å². The number of ketones is 1. The maximum atomic E-state index is 12.9. The number of amides is 1. The number of aliphatic hydroxyl groups is 1. The number of methoxy groups -OCH3 is 1. The number of Topliss-reactive ketones (excluding diaryl/α,β-unsaturated/α-hetero) is 1. The van der Waals surface area contributed by atoms with E-state index < -0.39 is 17.7 Å². The molecule has 5 heteroatoms. The van der Waals surface area contributed by atoms with E-state index in [9.17, 15) is 14.7 Å². The summed E-state index contributed by atoms with van der Waals surface area (Å²) in [5.74, 6) is -1.45. The monoisotopic (exact) mass is 407 g/mol. The fraction of sp³-hybridized carbons (Fsp3) is 0.360. The lowest BCUT2D eigenvalue weighted by molar-refractivity contribution is -0.140. The zero-order valence-electron chi connectivity index (χ0n) is 18.2. The lowest BCUT2D eigenvalue weighted by Crippen LogP contribution is -2.32. The predicted octanol–water partition coefficient (Wildman–Crippen LogP) is 4.36. The molecule has 1 aliphatic heterocycles. The van der Waals surface area contributed by atoms with Crippen molar-refractivity contribution >= 4 is 17.4 Å². The maximum absolute atomic E-state index is 12.9. The Balaban J connectivity index is 2.13. The lowest BCUT2D eigenvalue weighted by atomic mass is 9.85. The van der Waals surface area contributed by atoms with Crippen molar-refractivity contribution in [1.29, 1.82) is 0 Å². The highest BCUT2D eigenvalue weighted by atomic mass is 16.5. The first-order valence-corrected chi connectivity index (χ1v) is 10.1. The predicted molar refractivity (Wildman–Crippen MR) is 117 cm³/mol. The van der Waals surface area contributed by atoms with Gasteiger partial charge in [-0.15, -0.1) is 0 Å². The number of ether oxygens (including phenoxy) is 1. The van der Waals surface area contributed by atoms with Crippen LogP contribution in [0.2, 0.25) is 0 Å². The number of rotatable bonds is 5. The highest BCUT2D eigenvalue weighted by molar-refractivity contribution is 6.46. The summed E-state index contributed by atoms with van der Waals surface area (Å²) in [6, 6.07) is 14.5. The third-order valence-corrected chi connectivity index (χ3v) is 5.49. The first kappa shape index (κ1) is 21.8. The summed E-state index contributed by atoms with van der Waals surface area (Å²) in [7, 11) is 1.55. The van der Waals surface area contributed by atoms with Crippen LogP contribution in [0.25, 0.3) is 5.76 Å². The summed E-state index contributed by atoms with van der Waals surface area (Å²) in [4.78, 5) is 27.2. The van der Waals surface area contributed by atoms with Gasteiger partial charge in [-0.3, -0.25) is 9.59 Å². The normalized spacial score (nSPS) is 18.8. The Labute approximate surface area is 178 Å². The third kappa shape index (κ3) is 4.17. The largest absolute Gasteiger partial charge is 0.507 e. The fourth-order valence-electron chi connectivity index (χ4n) is 3.68. The Morgan fingerprint density at radius 2 is 1.63 bits per heavy atom. The van der Waals surface area contributed by atoms with Gasteiger partial charge in [0.15, 0.2) is 0 Å². The Morgan fingerprint density at radius 3 is 2.17 bits per heavy atom. The average Bonchev–Trinajstić information content (AvgIpc) is 2.96. The van der Waals surface area contributed by atoms with Crippen LogP contribution in [0.15, 0.2) is 54.1 Å². The molecule has 30 heavy (non-hydrogen) atoms. The van der Waals surface area contributed by atoms with Crippen molar-refractivity contribution in [2.45, 2.75) is 39.2 Å². The Morgan fingerprint density at radius 1 is 1.03 bits per heavy atom. The summed E-state index contributed by atoms with van der Waals surface area (Å²) in [5, 5.41) is 11.0. The number of carbonyl (C=O) groups excluding carboxylic acids is 2. The summed E-state index contributed by atoms with van der Waals surface area (Å²) in [5.41, 5.74) is 3.59. The minimum Gasteiger partial charge on any atom is -0.507 e. The minimum atomic E-state index is -0.672. The summed E-state index contributed by atoms with van der Waals surface area (Å²) < 4.78 is 5.15. The van der Waals surface area contributed by atoms with E-state index in [-0.39, 0.29) is 23.3 Å². The number of hydrogen-bond acceptors (Lipinski definition) is 4. The zero-order chi connectivity index (χ0) is 22.1. The lowest BCUT2D eigenvalue weighted by Gasteiger charge is -2.26. The van der Waals surface area contributed by atoms with Crippen LogP contribution < -0.4 is 0 Å². The van der Waals surface area contributed by atoms with Crippen molar-refractivity contribution in [2.75, 3.05) is 20.3 Å². The van der Waals surface area contributed by atoms with Gasteiger partial charge in [0.25, 0.3) is 11.7 Å². The molecule has 2 aromatic carbocycles. The highest BCUT2D eigenvalue weighted by Gasteiger charge is 2.45. The number of hydrogen-bond donors (Lipinski definition) is 1. The molecule has 1 fully saturated rings. The van der Waals surface area contributed by atoms with Gasteiger partial charge >= 0.3 is 0 Å². The minimum absolute atomic E-state index is 0.0156. The molecule has 0 radical (unpaired) electrons. The number of aryl methyl sites for hydroxylation is 1. The van der Waals surface area contributed by atoms with Crippen LogP contribution in [-0.2, 0) is 19.7 Å². The molecule has 0 bridgehead atoms. The van der Waals surface area contributed by atoms with E-state index in [1.54, 1.807) is 19.2 Å². The van der Waals surface area contributed by atoms with Crippen LogP contribution >= 0.6 is 0 Å². The van der Waals surface area contributed by atoms with Crippen molar-refractivity contribution in [1.82, 2.24) is 4.90 Å². The van der Waals surface area contributed by atoms with Crippen molar-refractivity contribution in [3.05, 3.63) is 76.4 Å². The van der Waals surface area contributed by atoms with Crippen LogP contribution in [0.3, 0.4) is 0 Å². The van der Waals surface area contributed by atoms with E-state index in [0.717, 1.165) is 16.7 Å². The van der Waals surface area contributed by atoms with Gasteiger partial charge in [-0.1, -0.05) is 74.9 Å². The number of likely N-dealkylation sites (tertiary alicyclic amines) is 1. The van der Waals surface area contributed by atoms with Crippen LogP contribution in [0.1, 0.15) is 49.1 Å². The smallest absolute Gasteiger partial charge is 0.295 e. The second-order valence-corrected chi connectivity index (χ2v) is 8.72. The second-order valence-electron chi connectivity index (χ2n) is 8.72. The molecule has 1 atom stereocenters. The number of aliphatic hydroxyl groups excluding tert-OH is 1. The molecule has 158 valence electrons. The van der Waals surface area contributed by atoms with Crippen molar-refractivity contribution in [3.8, 4) is 0 Å². The number of carbonyl (C=O) groups is 2. The van der Waals surface area contributed by atoms with Gasteiger partial charge in [-0.2, -0.15) is 0 Å². The molecule has 3 rings (SSSR count). The van der Waals surface area contributed by atoms with Crippen molar-refractivity contribution in [3.63, 3.8) is 0 Å². The molecule has 2 aromatic rings. The molecule has 0 aliphatic carbocycles.